The summed E-state index contributed by atoms with van der Waals surface area (Å²) in [5, 5.41) is 2.91. The lowest BCUT2D eigenvalue weighted by Crippen LogP contribution is -2.23. The number of benzene rings is 1. The van der Waals surface area contributed by atoms with Crippen molar-refractivity contribution in [1.29, 1.82) is 0 Å². The fourth-order valence-electron chi connectivity index (χ4n) is 1.69. The second-order valence-electron chi connectivity index (χ2n) is 3.89. The van der Waals surface area contributed by atoms with Crippen molar-refractivity contribution in [3.63, 3.8) is 0 Å². The molecule has 0 fully saturated rings. The van der Waals surface area contributed by atoms with Crippen LogP contribution < -0.4 is 11.1 Å². The van der Waals surface area contributed by atoms with Crippen molar-refractivity contribution in [3.8, 4) is 0 Å². The molecule has 0 saturated heterocycles. The number of thiophene rings is 1. The van der Waals surface area contributed by atoms with E-state index in [9.17, 15) is 4.79 Å². The minimum Gasteiger partial charge on any atom is -0.348 e. The Kier molecular flexibility index (Phi) is 5.15. The van der Waals surface area contributed by atoms with Crippen LogP contribution in [0.2, 0.25) is 0 Å². The third-order valence-corrected chi connectivity index (χ3v) is 5.02. The van der Waals surface area contributed by atoms with E-state index >= 15 is 0 Å². The van der Waals surface area contributed by atoms with Crippen LogP contribution >= 0.6 is 43.2 Å². The maximum absolute atomic E-state index is 12.1. The molecule has 3 N–H and O–H groups in total. The summed E-state index contributed by atoms with van der Waals surface area (Å²) in [6.45, 7) is 0.950. The quantitative estimate of drug-likeness (QED) is 0.818. The minimum atomic E-state index is -0.0966. The molecule has 3 nitrogen and oxygen atoms in total. The van der Waals surface area contributed by atoms with Gasteiger partial charge in [0.15, 0.2) is 0 Å². The lowest BCUT2D eigenvalue weighted by Gasteiger charge is -2.08. The zero-order chi connectivity index (χ0) is 13.8. The predicted molar refractivity (Wildman–Crippen MR) is 85.2 cm³/mol. The average Bonchev–Trinajstić information content (AvgIpc) is 2.75. The van der Waals surface area contributed by atoms with Crippen molar-refractivity contribution < 1.29 is 4.79 Å². The van der Waals surface area contributed by atoms with Crippen LogP contribution in [-0.2, 0) is 13.1 Å². The topological polar surface area (TPSA) is 55.1 Å². The monoisotopic (exact) mass is 402 g/mol. The molecule has 1 amide bonds. The molecule has 6 heteroatoms. The molecule has 2 aromatic rings. The summed E-state index contributed by atoms with van der Waals surface area (Å²) in [5.41, 5.74) is 8.41. The number of hydrogen-bond acceptors (Lipinski definition) is 3. The lowest BCUT2D eigenvalue weighted by atomic mass is 10.1. The van der Waals surface area contributed by atoms with Crippen LogP contribution in [0.15, 0.2) is 37.9 Å². The Bertz CT molecular complexity index is 598. The summed E-state index contributed by atoms with van der Waals surface area (Å²) in [6.07, 6.45) is 0. The molecule has 1 aromatic carbocycles. The van der Waals surface area contributed by atoms with Crippen LogP contribution in [-0.4, -0.2) is 5.91 Å². The van der Waals surface area contributed by atoms with E-state index < -0.39 is 0 Å². The zero-order valence-corrected chi connectivity index (χ0v) is 13.9. The van der Waals surface area contributed by atoms with Crippen molar-refractivity contribution in [1.82, 2.24) is 5.32 Å². The molecule has 19 heavy (non-hydrogen) atoms. The number of carbonyl (C=O) groups is 1. The van der Waals surface area contributed by atoms with Crippen LogP contribution in [0.5, 0.6) is 0 Å². The van der Waals surface area contributed by atoms with E-state index in [1.807, 2.05) is 24.3 Å². The Labute approximate surface area is 132 Å². The van der Waals surface area contributed by atoms with Gasteiger partial charge < -0.3 is 11.1 Å². The van der Waals surface area contributed by atoms with Crippen molar-refractivity contribution in [2.75, 3.05) is 0 Å². The Morgan fingerprint density at radius 1 is 1.26 bits per heavy atom. The molecule has 0 radical (unpaired) electrons. The van der Waals surface area contributed by atoms with Crippen LogP contribution in [0.25, 0.3) is 0 Å². The number of nitrogens with one attached hydrogen (secondary N) is 1. The van der Waals surface area contributed by atoms with E-state index in [4.69, 9.17) is 5.73 Å². The molecule has 0 saturated carbocycles. The SMILES string of the molecule is NCc1ccccc1CNC(=O)c1cc(Br)sc1Br. The van der Waals surface area contributed by atoms with Crippen LogP contribution in [0.1, 0.15) is 21.5 Å². The number of amides is 1. The molecular formula is C13H12Br2N2OS. The number of hydrogen-bond donors (Lipinski definition) is 2. The first-order valence-corrected chi connectivity index (χ1v) is 8.02. The van der Waals surface area contributed by atoms with Gasteiger partial charge in [-0.15, -0.1) is 11.3 Å². The molecule has 0 aliphatic carbocycles. The minimum absolute atomic E-state index is 0.0966. The van der Waals surface area contributed by atoms with Gasteiger partial charge in [0, 0.05) is 13.1 Å². The molecule has 1 aromatic heterocycles. The summed E-state index contributed by atoms with van der Waals surface area (Å²) in [7, 11) is 0. The Morgan fingerprint density at radius 3 is 2.53 bits per heavy atom. The smallest absolute Gasteiger partial charge is 0.253 e. The van der Waals surface area contributed by atoms with Crippen molar-refractivity contribution in [3.05, 3.63) is 54.6 Å². The summed E-state index contributed by atoms with van der Waals surface area (Å²) in [5.74, 6) is -0.0966. The van der Waals surface area contributed by atoms with Gasteiger partial charge in [-0.1, -0.05) is 24.3 Å². The lowest BCUT2D eigenvalue weighted by molar-refractivity contribution is 0.0950. The van der Waals surface area contributed by atoms with Crippen LogP contribution in [0, 0.1) is 0 Å². The summed E-state index contributed by atoms with van der Waals surface area (Å²) >= 11 is 8.22. The Balaban J connectivity index is 2.06. The summed E-state index contributed by atoms with van der Waals surface area (Å²) in [6, 6.07) is 9.64. The molecular weight excluding hydrogens is 392 g/mol. The van der Waals surface area contributed by atoms with Crippen molar-refractivity contribution in [2.24, 2.45) is 5.73 Å². The van der Waals surface area contributed by atoms with E-state index in [-0.39, 0.29) is 5.91 Å². The van der Waals surface area contributed by atoms with E-state index in [2.05, 4.69) is 37.2 Å². The van der Waals surface area contributed by atoms with Gasteiger partial charge in [-0.2, -0.15) is 0 Å². The average molecular weight is 404 g/mol. The number of rotatable bonds is 4. The standard InChI is InChI=1S/C13H12Br2N2OS/c14-11-5-10(12(15)19-11)13(18)17-7-9-4-2-1-3-8(9)6-16/h1-5H,6-7,16H2,(H,17,18). The van der Waals surface area contributed by atoms with Gasteiger partial charge in [-0.05, 0) is 49.1 Å². The highest BCUT2D eigenvalue weighted by Gasteiger charge is 2.13. The molecule has 0 unspecified atom stereocenters. The molecule has 1 heterocycles. The normalized spacial score (nSPS) is 10.5. The van der Waals surface area contributed by atoms with Gasteiger partial charge in [0.25, 0.3) is 5.91 Å². The third-order valence-electron chi connectivity index (χ3n) is 2.68. The number of carbonyl (C=O) groups excluding carboxylic acids is 1. The van der Waals surface area contributed by atoms with Gasteiger partial charge in [0.2, 0.25) is 0 Å². The molecule has 0 spiro atoms. The highest BCUT2D eigenvalue weighted by atomic mass is 79.9. The molecule has 0 aliphatic rings. The largest absolute Gasteiger partial charge is 0.348 e. The zero-order valence-electron chi connectivity index (χ0n) is 9.95. The highest BCUT2D eigenvalue weighted by Crippen LogP contribution is 2.31. The Morgan fingerprint density at radius 2 is 1.95 bits per heavy atom. The maximum Gasteiger partial charge on any atom is 0.253 e. The fourth-order valence-corrected chi connectivity index (χ4v) is 4.49. The second kappa shape index (κ2) is 6.65. The first-order valence-electron chi connectivity index (χ1n) is 5.61. The van der Waals surface area contributed by atoms with Gasteiger partial charge in [-0.25, -0.2) is 0 Å². The van der Waals surface area contributed by atoms with Crippen LogP contribution in [0.3, 0.4) is 0 Å². The van der Waals surface area contributed by atoms with E-state index in [0.717, 1.165) is 18.7 Å². The number of nitrogens with two attached hydrogens (primary N) is 1. The molecule has 0 aliphatic heterocycles. The first kappa shape index (κ1) is 14.7. The third kappa shape index (κ3) is 3.66. The summed E-state index contributed by atoms with van der Waals surface area (Å²) in [4.78, 5) is 12.1. The predicted octanol–water partition coefficient (Wildman–Crippen LogP) is 3.66. The second-order valence-corrected chi connectivity index (χ2v) is 7.64. The van der Waals surface area contributed by atoms with Crippen molar-refractivity contribution >= 4 is 49.1 Å². The fraction of sp³-hybridized carbons (Fsp3) is 0.154. The van der Waals surface area contributed by atoms with Gasteiger partial charge in [-0.3, -0.25) is 4.79 Å². The van der Waals surface area contributed by atoms with Crippen LogP contribution in [0.4, 0.5) is 0 Å². The van der Waals surface area contributed by atoms with E-state index in [1.165, 1.54) is 11.3 Å². The summed E-state index contributed by atoms with van der Waals surface area (Å²) < 4.78 is 1.75. The van der Waals surface area contributed by atoms with Gasteiger partial charge in [0.05, 0.1) is 13.1 Å². The van der Waals surface area contributed by atoms with E-state index in [1.54, 1.807) is 6.07 Å². The van der Waals surface area contributed by atoms with Gasteiger partial charge >= 0.3 is 0 Å². The Hall–Kier alpha value is -0.690. The first-order chi connectivity index (χ1) is 9.11. The number of halogens is 2. The van der Waals surface area contributed by atoms with Crippen molar-refractivity contribution in [2.45, 2.75) is 13.1 Å². The maximum atomic E-state index is 12.1. The molecule has 100 valence electrons. The highest BCUT2D eigenvalue weighted by molar-refractivity contribution is 9.12. The molecule has 0 atom stereocenters. The van der Waals surface area contributed by atoms with E-state index in [0.29, 0.717) is 18.7 Å². The molecule has 0 bridgehead atoms. The molecule has 2 rings (SSSR count). The van der Waals surface area contributed by atoms with Gasteiger partial charge in [0.1, 0.15) is 0 Å².